The van der Waals surface area contributed by atoms with Crippen LogP contribution < -0.4 is 0 Å². The lowest BCUT2D eigenvalue weighted by atomic mass is 10.1. The van der Waals surface area contributed by atoms with Crippen LogP contribution in [0.3, 0.4) is 0 Å². The molecular formula is C14H17NO3S. The van der Waals surface area contributed by atoms with Gasteiger partial charge in [0, 0.05) is 11.4 Å². The van der Waals surface area contributed by atoms with Crippen LogP contribution in [-0.2, 0) is 14.3 Å². The van der Waals surface area contributed by atoms with Gasteiger partial charge >= 0.3 is 0 Å². The van der Waals surface area contributed by atoms with Gasteiger partial charge in [-0.1, -0.05) is 30.3 Å². The van der Waals surface area contributed by atoms with Crippen molar-refractivity contribution in [2.45, 2.75) is 19.2 Å². The number of aromatic nitrogens is 1. The second-order valence-corrected chi connectivity index (χ2v) is 6.36. The number of hydrogen-bond acceptors (Lipinski definition) is 3. The van der Waals surface area contributed by atoms with E-state index in [4.69, 9.17) is 0 Å². The molecule has 0 radical (unpaired) electrons. The Labute approximate surface area is 113 Å². The summed E-state index contributed by atoms with van der Waals surface area (Å²) in [5.41, 5.74) is 2.73. The minimum absolute atomic E-state index is 0.761. The lowest BCUT2D eigenvalue weighted by molar-refractivity contribution is 0.378. The van der Waals surface area contributed by atoms with Crippen molar-refractivity contribution in [3.05, 3.63) is 48.2 Å². The quantitative estimate of drug-likeness (QED) is 0.808. The summed E-state index contributed by atoms with van der Waals surface area (Å²) in [6.45, 7) is 3.51. The van der Waals surface area contributed by atoms with Gasteiger partial charge in [-0.25, -0.2) is 0 Å². The van der Waals surface area contributed by atoms with E-state index in [0.29, 0.717) is 0 Å². The minimum atomic E-state index is -3.61. The van der Waals surface area contributed by atoms with Gasteiger partial charge in [-0.2, -0.15) is 8.42 Å². The van der Waals surface area contributed by atoms with Crippen LogP contribution in [0.2, 0.25) is 0 Å². The molecule has 4 nitrogen and oxygen atoms in total. The Balaban J connectivity index is 2.56. The third-order valence-electron chi connectivity index (χ3n) is 3.21. The molecule has 19 heavy (non-hydrogen) atoms. The Morgan fingerprint density at radius 1 is 1.11 bits per heavy atom. The summed E-state index contributed by atoms with van der Waals surface area (Å²) in [6, 6.07) is 13.5. The standard InChI is InChI=1S/C14H17NO3S/c1-11-9-10-14(13-7-5-4-6-8-13)15(11)12(2)19(16,17)18-3/h4-10,12H,1-3H3. The van der Waals surface area contributed by atoms with Crippen LogP contribution in [0.1, 0.15) is 18.0 Å². The fourth-order valence-corrected chi connectivity index (χ4v) is 2.96. The third kappa shape index (κ3) is 2.57. The zero-order valence-electron chi connectivity index (χ0n) is 11.2. The van der Waals surface area contributed by atoms with E-state index in [9.17, 15) is 8.42 Å². The molecular weight excluding hydrogens is 262 g/mol. The maximum atomic E-state index is 11.9. The van der Waals surface area contributed by atoms with Crippen LogP contribution in [0.15, 0.2) is 42.5 Å². The van der Waals surface area contributed by atoms with Gasteiger partial charge in [0.05, 0.1) is 7.11 Å². The Kier molecular flexibility index (Phi) is 3.78. The average molecular weight is 279 g/mol. The molecule has 0 spiro atoms. The van der Waals surface area contributed by atoms with E-state index >= 15 is 0 Å². The van der Waals surface area contributed by atoms with Crippen LogP contribution in [0.4, 0.5) is 0 Å². The highest BCUT2D eigenvalue weighted by Gasteiger charge is 2.25. The van der Waals surface area contributed by atoms with Crippen molar-refractivity contribution in [1.82, 2.24) is 4.57 Å². The first-order valence-electron chi connectivity index (χ1n) is 6.00. The highest BCUT2D eigenvalue weighted by molar-refractivity contribution is 7.86. The van der Waals surface area contributed by atoms with Gasteiger partial charge in [-0.3, -0.25) is 4.18 Å². The van der Waals surface area contributed by atoms with Gasteiger partial charge in [0.1, 0.15) is 0 Å². The molecule has 0 fully saturated rings. The first-order valence-corrected chi connectivity index (χ1v) is 7.47. The average Bonchev–Trinajstić information content (AvgIpc) is 2.80. The molecule has 0 bridgehead atoms. The van der Waals surface area contributed by atoms with E-state index in [0.717, 1.165) is 17.0 Å². The molecule has 0 saturated heterocycles. The molecule has 0 amide bonds. The van der Waals surface area contributed by atoms with Crippen LogP contribution >= 0.6 is 0 Å². The number of rotatable bonds is 4. The van der Waals surface area contributed by atoms with E-state index in [2.05, 4.69) is 4.18 Å². The molecule has 0 N–H and O–H groups in total. The van der Waals surface area contributed by atoms with Crippen LogP contribution in [0, 0.1) is 6.92 Å². The molecule has 0 saturated carbocycles. The topological polar surface area (TPSA) is 48.3 Å². The van der Waals surface area contributed by atoms with Crippen LogP contribution in [0.5, 0.6) is 0 Å². The van der Waals surface area contributed by atoms with Gasteiger partial charge in [0.15, 0.2) is 5.37 Å². The lowest BCUT2D eigenvalue weighted by Gasteiger charge is -2.18. The van der Waals surface area contributed by atoms with Crippen molar-refractivity contribution in [1.29, 1.82) is 0 Å². The monoisotopic (exact) mass is 279 g/mol. The molecule has 1 aromatic heterocycles. The summed E-state index contributed by atoms with van der Waals surface area (Å²) in [5, 5.41) is -0.761. The number of aryl methyl sites for hydroxylation is 1. The zero-order valence-corrected chi connectivity index (χ0v) is 12.0. The molecule has 1 aromatic carbocycles. The predicted octanol–water partition coefficient (Wildman–Crippen LogP) is 2.96. The van der Waals surface area contributed by atoms with Gasteiger partial charge in [-0.05, 0) is 31.5 Å². The summed E-state index contributed by atoms with van der Waals surface area (Å²) < 4.78 is 30.2. The summed E-state index contributed by atoms with van der Waals surface area (Å²) in [5.74, 6) is 0. The van der Waals surface area contributed by atoms with Crippen LogP contribution in [0.25, 0.3) is 11.3 Å². The Morgan fingerprint density at radius 2 is 1.74 bits per heavy atom. The Bertz CT molecular complexity index is 659. The number of hydrogen-bond donors (Lipinski definition) is 0. The first kappa shape index (κ1) is 13.8. The maximum absolute atomic E-state index is 11.9. The van der Waals surface area contributed by atoms with Crippen molar-refractivity contribution in [2.75, 3.05) is 7.11 Å². The van der Waals surface area contributed by atoms with Gasteiger partial charge in [0.2, 0.25) is 0 Å². The van der Waals surface area contributed by atoms with Crippen LogP contribution in [-0.4, -0.2) is 20.1 Å². The molecule has 0 aliphatic carbocycles. The highest BCUT2D eigenvalue weighted by Crippen LogP contribution is 2.28. The smallest absolute Gasteiger partial charge is 0.288 e. The van der Waals surface area contributed by atoms with Crippen molar-refractivity contribution in [2.24, 2.45) is 0 Å². The van der Waals surface area contributed by atoms with E-state index in [-0.39, 0.29) is 0 Å². The van der Waals surface area contributed by atoms with Gasteiger partial charge in [0.25, 0.3) is 10.1 Å². The van der Waals surface area contributed by atoms with Gasteiger partial charge < -0.3 is 4.57 Å². The molecule has 5 heteroatoms. The normalized spacial score (nSPS) is 13.4. The maximum Gasteiger partial charge on any atom is 0.288 e. The predicted molar refractivity (Wildman–Crippen MR) is 75.2 cm³/mol. The molecule has 1 heterocycles. The lowest BCUT2D eigenvalue weighted by Crippen LogP contribution is -2.19. The largest absolute Gasteiger partial charge is 0.325 e. The second-order valence-electron chi connectivity index (χ2n) is 4.35. The molecule has 1 unspecified atom stereocenters. The van der Waals surface area contributed by atoms with E-state index < -0.39 is 15.5 Å². The summed E-state index contributed by atoms with van der Waals surface area (Å²) in [7, 11) is -2.42. The summed E-state index contributed by atoms with van der Waals surface area (Å²) in [6.07, 6.45) is 0. The fraction of sp³-hybridized carbons (Fsp3) is 0.286. The van der Waals surface area contributed by atoms with Crippen molar-refractivity contribution >= 4 is 10.1 Å². The fourth-order valence-electron chi connectivity index (χ4n) is 2.15. The highest BCUT2D eigenvalue weighted by atomic mass is 32.2. The summed E-state index contributed by atoms with van der Waals surface area (Å²) in [4.78, 5) is 0. The van der Waals surface area contributed by atoms with E-state index in [1.165, 1.54) is 7.11 Å². The third-order valence-corrected chi connectivity index (χ3v) is 4.72. The summed E-state index contributed by atoms with van der Waals surface area (Å²) >= 11 is 0. The molecule has 102 valence electrons. The molecule has 1 atom stereocenters. The molecule has 0 aliphatic rings. The zero-order chi connectivity index (χ0) is 14.0. The van der Waals surface area contributed by atoms with Crippen molar-refractivity contribution in [3.8, 4) is 11.3 Å². The molecule has 0 aliphatic heterocycles. The number of benzene rings is 1. The first-order chi connectivity index (χ1) is 8.97. The SMILES string of the molecule is COS(=O)(=O)C(C)n1c(C)ccc1-c1ccccc1. The Hall–Kier alpha value is -1.59. The van der Waals surface area contributed by atoms with E-state index in [1.807, 2.05) is 49.4 Å². The minimum Gasteiger partial charge on any atom is -0.325 e. The van der Waals surface area contributed by atoms with Gasteiger partial charge in [-0.15, -0.1) is 0 Å². The molecule has 2 aromatic rings. The Morgan fingerprint density at radius 3 is 2.32 bits per heavy atom. The second kappa shape index (κ2) is 5.19. The van der Waals surface area contributed by atoms with Crippen molar-refractivity contribution in [3.63, 3.8) is 0 Å². The van der Waals surface area contributed by atoms with E-state index in [1.54, 1.807) is 11.5 Å². The van der Waals surface area contributed by atoms with Crippen molar-refractivity contribution < 1.29 is 12.6 Å². The molecule has 2 rings (SSSR count). The number of nitrogens with zero attached hydrogens (tertiary/aromatic N) is 1.